The summed E-state index contributed by atoms with van der Waals surface area (Å²) >= 11 is 2.97. The Hall–Kier alpha value is -3.36. The maximum atomic E-state index is 13.0. The number of para-hydroxylation sites is 2. The molecule has 1 aliphatic heterocycles. The number of anilines is 2. The number of thioether (sulfide) groups is 1. The summed E-state index contributed by atoms with van der Waals surface area (Å²) in [6, 6.07) is 23.1. The van der Waals surface area contributed by atoms with Crippen molar-refractivity contribution in [2.24, 2.45) is 0 Å². The van der Waals surface area contributed by atoms with E-state index in [1.165, 1.54) is 28.7 Å². The van der Waals surface area contributed by atoms with Gasteiger partial charge < -0.3 is 15.0 Å². The number of rotatable bonds is 7. The minimum Gasteiger partial charge on any atom is -0.484 e. The molecule has 1 aliphatic rings. The lowest BCUT2D eigenvalue weighted by molar-refractivity contribution is -0.118. The summed E-state index contributed by atoms with van der Waals surface area (Å²) in [5, 5.41) is 2.86. The van der Waals surface area contributed by atoms with Crippen LogP contribution in [0.2, 0.25) is 0 Å². The topological polar surface area (TPSA) is 71.5 Å². The molecular weight excluding hydrogens is 466 g/mol. The second-order valence-electron chi connectivity index (χ2n) is 8.05. The van der Waals surface area contributed by atoms with Crippen LogP contribution in [0.3, 0.4) is 0 Å². The van der Waals surface area contributed by atoms with Gasteiger partial charge in [0.15, 0.2) is 10.9 Å². The quantitative estimate of drug-likeness (QED) is 0.353. The van der Waals surface area contributed by atoms with Gasteiger partial charge in [-0.15, -0.1) is 11.3 Å². The van der Waals surface area contributed by atoms with Crippen LogP contribution in [-0.4, -0.2) is 35.2 Å². The number of benzene rings is 3. The Balaban J connectivity index is 1.19. The molecule has 1 N–H and O–H groups in total. The Morgan fingerprint density at radius 3 is 2.76 bits per heavy atom. The fourth-order valence-corrected chi connectivity index (χ4v) is 6.01. The molecule has 0 saturated heterocycles. The van der Waals surface area contributed by atoms with Gasteiger partial charge in [0.05, 0.1) is 16.0 Å². The van der Waals surface area contributed by atoms with Crippen molar-refractivity contribution in [2.75, 3.05) is 22.6 Å². The maximum absolute atomic E-state index is 13.0. The number of nitrogens with one attached hydrogen (secondary N) is 1. The summed E-state index contributed by atoms with van der Waals surface area (Å²) in [7, 11) is 0. The Morgan fingerprint density at radius 2 is 1.91 bits per heavy atom. The lowest BCUT2D eigenvalue weighted by Gasteiger charge is -2.22. The Bertz CT molecular complexity index is 1340. The molecule has 1 atom stereocenters. The highest BCUT2D eigenvalue weighted by Gasteiger charge is 2.30. The van der Waals surface area contributed by atoms with E-state index in [0.717, 1.165) is 26.7 Å². The fourth-order valence-electron chi connectivity index (χ4n) is 4.04. The van der Waals surface area contributed by atoms with Gasteiger partial charge in [-0.05, 0) is 55.3 Å². The predicted octanol–water partition coefficient (Wildman–Crippen LogP) is 5.38. The molecule has 0 aliphatic carbocycles. The maximum Gasteiger partial charge on any atom is 0.262 e. The van der Waals surface area contributed by atoms with Crippen LogP contribution in [0.15, 0.2) is 77.1 Å². The molecule has 5 rings (SSSR count). The van der Waals surface area contributed by atoms with E-state index in [1.54, 1.807) is 0 Å². The molecule has 8 heteroatoms. The van der Waals surface area contributed by atoms with Crippen LogP contribution in [0, 0.1) is 0 Å². The van der Waals surface area contributed by atoms with Crippen LogP contribution >= 0.6 is 23.1 Å². The smallest absolute Gasteiger partial charge is 0.262 e. The van der Waals surface area contributed by atoms with E-state index in [2.05, 4.69) is 23.3 Å². The number of amides is 2. The first-order valence-electron chi connectivity index (χ1n) is 11.0. The van der Waals surface area contributed by atoms with Crippen molar-refractivity contribution in [1.29, 1.82) is 0 Å². The molecular formula is C26H23N3O3S2. The number of carbonyl (C=O) groups is 2. The number of fused-ring (bicyclic) bond motifs is 2. The number of ether oxygens (including phenoxy) is 1. The molecule has 1 aromatic heterocycles. The van der Waals surface area contributed by atoms with Gasteiger partial charge in [0.1, 0.15) is 5.75 Å². The average Bonchev–Trinajstić information content (AvgIpc) is 3.41. The standard InChI is InChI=1S/C26H23N3O3S2/c1-17-13-18-7-5-6-10-22(18)29(17)25(31)16-33-26-28-21-12-11-19(14-23(21)34-26)27-24(30)15-32-20-8-3-2-4-9-20/h2-12,14,17H,13,15-16H2,1H3,(H,27,30). The normalized spacial score (nSPS) is 14.7. The molecule has 6 nitrogen and oxygen atoms in total. The van der Waals surface area contributed by atoms with Gasteiger partial charge in [-0.3, -0.25) is 9.59 Å². The highest BCUT2D eigenvalue weighted by Crippen LogP contribution is 2.35. The van der Waals surface area contributed by atoms with Crippen molar-refractivity contribution in [2.45, 2.75) is 23.7 Å². The van der Waals surface area contributed by atoms with Crippen molar-refractivity contribution < 1.29 is 14.3 Å². The van der Waals surface area contributed by atoms with Crippen molar-refractivity contribution in [3.63, 3.8) is 0 Å². The van der Waals surface area contributed by atoms with Gasteiger partial charge in [0.25, 0.3) is 5.91 Å². The lowest BCUT2D eigenvalue weighted by atomic mass is 10.1. The van der Waals surface area contributed by atoms with Crippen LogP contribution in [0.25, 0.3) is 10.2 Å². The van der Waals surface area contributed by atoms with Crippen LogP contribution in [-0.2, 0) is 16.0 Å². The summed E-state index contributed by atoms with van der Waals surface area (Å²) in [6.45, 7) is 2.02. The molecule has 0 saturated carbocycles. The van der Waals surface area contributed by atoms with E-state index >= 15 is 0 Å². The summed E-state index contributed by atoms with van der Waals surface area (Å²) < 4.78 is 7.28. The predicted molar refractivity (Wildman–Crippen MR) is 138 cm³/mol. The fraction of sp³-hybridized carbons (Fsp3) is 0.192. The first-order valence-corrected chi connectivity index (χ1v) is 12.8. The molecule has 2 amide bonds. The zero-order chi connectivity index (χ0) is 23.5. The van der Waals surface area contributed by atoms with E-state index in [1.807, 2.05) is 71.6 Å². The monoisotopic (exact) mass is 489 g/mol. The largest absolute Gasteiger partial charge is 0.484 e. The average molecular weight is 490 g/mol. The number of hydrogen-bond acceptors (Lipinski definition) is 6. The van der Waals surface area contributed by atoms with Crippen molar-refractivity contribution in [3.8, 4) is 5.75 Å². The Morgan fingerprint density at radius 1 is 1.12 bits per heavy atom. The van der Waals surface area contributed by atoms with E-state index < -0.39 is 0 Å². The van der Waals surface area contributed by atoms with Crippen LogP contribution in [0.1, 0.15) is 12.5 Å². The van der Waals surface area contributed by atoms with Crippen LogP contribution in [0.5, 0.6) is 5.75 Å². The van der Waals surface area contributed by atoms with Crippen LogP contribution in [0.4, 0.5) is 11.4 Å². The van der Waals surface area contributed by atoms with Crippen molar-refractivity contribution in [1.82, 2.24) is 4.98 Å². The van der Waals surface area contributed by atoms with Gasteiger partial charge in [-0.1, -0.05) is 48.2 Å². The summed E-state index contributed by atoms with van der Waals surface area (Å²) in [4.78, 5) is 31.8. The lowest BCUT2D eigenvalue weighted by Crippen LogP contribution is -2.36. The number of aromatic nitrogens is 1. The number of thiazole rings is 1. The molecule has 172 valence electrons. The third-order valence-electron chi connectivity index (χ3n) is 5.56. The Labute approximate surface area is 206 Å². The SMILES string of the molecule is CC1Cc2ccccc2N1C(=O)CSc1nc2ccc(NC(=O)COc3ccccc3)cc2s1. The van der Waals surface area contributed by atoms with E-state index in [4.69, 9.17) is 4.74 Å². The van der Waals surface area contributed by atoms with E-state index in [-0.39, 0.29) is 24.5 Å². The van der Waals surface area contributed by atoms with Gasteiger partial charge in [-0.2, -0.15) is 0 Å². The molecule has 0 radical (unpaired) electrons. The molecule has 0 spiro atoms. The first-order chi connectivity index (χ1) is 16.6. The number of carbonyl (C=O) groups excluding carboxylic acids is 2. The van der Waals surface area contributed by atoms with Gasteiger partial charge >= 0.3 is 0 Å². The second kappa shape index (κ2) is 9.87. The number of nitrogens with zero attached hydrogens (tertiary/aromatic N) is 2. The third-order valence-corrected chi connectivity index (χ3v) is 7.71. The first kappa shape index (κ1) is 22.4. The zero-order valence-corrected chi connectivity index (χ0v) is 20.2. The van der Waals surface area contributed by atoms with Gasteiger partial charge in [0, 0.05) is 17.4 Å². The molecule has 34 heavy (non-hydrogen) atoms. The minimum atomic E-state index is -0.229. The minimum absolute atomic E-state index is 0.0635. The number of hydrogen-bond donors (Lipinski definition) is 1. The molecule has 1 unspecified atom stereocenters. The molecule has 2 heterocycles. The Kier molecular flexibility index (Phi) is 6.51. The van der Waals surface area contributed by atoms with Crippen molar-refractivity contribution in [3.05, 3.63) is 78.4 Å². The van der Waals surface area contributed by atoms with Crippen molar-refractivity contribution >= 4 is 56.5 Å². The van der Waals surface area contributed by atoms with Crippen LogP contribution < -0.4 is 15.0 Å². The third kappa shape index (κ3) is 4.93. The molecule has 4 aromatic rings. The second-order valence-corrected chi connectivity index (χ2v) is 10.3. The van der Waals surface area contributed by atoms with E-state index in [9.17, 15) is 9.59 Å². The molecule has 0 fully saturated rings. The van der Waals surface area contributed by atoms with Gasteiger partial charge in [0.2, 0.25) is 5.91 Å². The summed E-state index contributed by atoms with van der Waals surface area (Å²) in [5.41, 5.74) is 3.77. The zero-order valence-electron chi connectivity index (χ0n) is 18.6. The van der Waals surface area contributed by atoms with E-state index in [0.29, 0.717) is 17.2 Å². The summed E-state index contributed by atoms with van der Waals surface area (Å²) in [6.07, 6.45) is 0.888. The molecule has 0 bridgehead atoms. The highest BCUT2D eigenvalue weighted by atomic mass is 32.2. The highest BCUT2D eigenvalue weighted by molar-refractivity contribution is 8.01. The van der Waals surface area contributed by atoms with Gasteiger partial charge in [-0.25, -0.2) is 4.98 Å². The molecule has 3 aromatic carbocycles. The summed E-state index contributed by atoms with van der Waals surface area (Å²) in [5.74, 6) is 0.846.